The summed E-state index contributed by atoms with van der Waals surface area (Å²) in [6, 6.07) is 10.4. The quantitative estimate of drug-likeness (QED) is 0.578. The largest absolute Gasteiger partial charge is 0.493 e. The lowest BCUT2D eigenvalue weighted by Crippen LogP contribution is -2.17. The van der Waals surface area contributed by atoms with Crippen molar-refractivity contribution in [3.05, 3.63) is 59.5 Å². The molecule has 0 N–H and O–H groups in total. The van der Waals surface area contributed by atoms with Gasteiger partial charge in [0.15, 0.2) is 11.5 Å². The van der Waals surface area contributed by atoms with E-state index in [0.29, 0.717) is 30.5 Å². The Morgan fingerprint density at radius 1 is 1.00 bits per heavy atom. The first-order chi connectivity index (χ1) is 13.8. The van der Waals surface area contributed by atoms with Gasteiger partial charge in [0.2, 0.25) is 11.7 Å². The molecule has 0 saturated carbocycles. The van der Waals surface area contributed by atoms with Crippen LogP contribution in [0, 0.1) is 0 Å². The minimum atomic E-state index is -4.43. The number of benzene rings is 2. The molecule has 0 atom stereocenters. The summed E-state index contributed by atoms with van der Waals surface area (Å²) in [5.41, 5.74) is 0.479. The molecule has 0 radical (unpaired) electrons. The van der Waals surface area contributed by atoms with Gasteiger partial charge in [-0.2, -0.15) is 18.2 Å². The highest BCUT2D eigenvalue weighted by Gasteiger charge is 2.30. The third-order valence-electron chi connectivity index (χ3n) is 4.22. The molecule has 3 rings (SSSR count). The molecule has 0 unspecified atom stereocenters. The monoisotopic (exact) mass is 407 g/mol. The number of hydrogen-bond acceptors (Lipinski definition) is 6. The molecule has 0 amide bonds. The van der Waals surface area contributed by atoms with E-state index in [1.807, 2.05) is 30.1 Å². The summed E-state index contributed by atoms with van der Waals surface area (Å²) in [5, 5.41) is 3.80. The third-order valence-corrected chi connectivity index (χ3v) is 4.22. The lowest BCUT2D eigenvalue weighted by atomic mass is 10.1. The standard InChI is InChI=1S/C20H20F3N3O3/c1-26(11-13-7-8-16(27-2)17(9-13)28-3)12-18-24-19(25-29-18)14-5-4-6-15(10-14)20(21,22)23/h4-10H,11-12H2,1-3H3. The van der Waals surface area contributed by atoms with Crippen LogP contribution in [0.15, 0.2) is 47.0 Å². The maximum Gasteiger partial charge on any atom is 0.416 e. The van der Waals surface area contributed by atoms with Crippen LogP contribution in [0.5, 0.6) is 11.5 Å². The number of hydrogen-bond donors (Lipinski definition) is 0. The maximum absolute atomic E-state index is 12.9. The molecule has 29 heavy (non-hydrogen) atoms. The topological polar surface area (TPSA) is 60.6 Å². The number of ether oxygens (including phenoxy) is 2. The van der Waals surface area contributed by atoms with Crippen LogP contribution in [0.3, 0.4) is 0 Å². The van der Waals surface area contributed by atoms with Gasteiger partial charge < -0.3 is 14.0 Å². The molecule has 0 aliphatic carbocycles. The summed E-state index contributed by atoms with van der Waals surface area (Å²) in [6.45, 7) is 0.905. The summed E-state index contributed by atoms with van der Waals surface area (Å²) in [6.07, 6.45) is -4.43. The van der Waals surface area contributed by atoms with E-state index in [1.165, 1.54) is 12.1 Å². The fourth-order valence-corrected chi connectivity index (χ4v) is 2.85. The normalized spacial score (nSPS) is 11.7. The molecule has 1 aromatic heterocycles. The van der Waals surface area contributed by atoms with Gasteiger partial charge in [-0.1, -0.05) is 23.4 Å². The first kappa shape index (κ1) is 20.7. The molecule has 0 aliphatic rings. The van der Waals surface area contributed by atoms with Crippen molar-refractivity contribution in [2.45, 2.75) is 19.3 Å². The van der Waals surface area contributed by atoms with Gasteiger partial charge in [-0.15, -0.1) is 0 Å². The Morgan fingerprint density at radius 3 is 2.45 bits per heavy atom. The van der Waals surface area contributed by atoms with Crippen LogP contribution in [0.25, 0.3) is 11.4 Å². The second-order valence-electron chi connectivity index (χ2n) is 6.45. The molecule has 6 nitrogen and oxygen atoms in total. The highest BCUT2D eigenvalue weighted by atomic mass is 19.4. The minimum absolute atomic E-state index is 0.116. The van der Waals surface area contributed by atoms with Crippen LogP contribution in [0.2, 0.25) is 0 Å². The molecule has 0 saturated heterocycles. The average Bonchev–Trinajstić information content (AvgIpc) is 3.15. The Balaban J connectivity index is 1.69. The third kappa shape index (κ3) is 5.05. The summed E-state index contributed by atoms with van der Waals surface area (Å²) >= 11 is 0. The zero-order valence-electron chi connectivity index (χ0n) is 16.2. The van der Waals surface area contributed by atoms with Crippen molar-refractivity contribution in [1.29, 1.82) is 0 Å². The van der Waals surface area contributed by atoms with E-state index < -0.39 is 11.7 Å². The number of rotatable bonds is 7. The highest BCUT2D eigenvalue weighted by molar-refractivity contribution is 5.55. The van der Waals surface area contributed by atoms with E-state index in [4.69, 9.17) is 14.0 Å². The molecule has 0 bridgehead atoms. The van der Waals surface area contributed by atoms with Gasteiger partial charge in [0.25, 0.3) is 0 Å². The highest BCUT2D eigenvalue weighted by Crippen LogP contribution is 2.31. The molecule has 2 aromatic carbocycles. The van der Waals surface area contributed by atoms with Crippen molar-refractivity contribution in [2.24, 2.45) is 0 Å². The molecule has 3 aromatic rings. The Bertz CT molecular complexity index is 973. The zero-order valence-corrected chi connectivity index (χ0v) is 16.2. The number of alkyl halides is 3. The average molecular weight is 407 g/mol. The van der Waals surface area contributed by atoms with Gasteiger partial charge in [0.1, 0.15) is 0 Å². The van der Waals surface area contributed by atoms with E-state index >= 15 is 0 Å². The first-order valence-corrected chi connectivity index (χ1v) is 8.70. The Kier molecular flexibility index (Phi) is 6.07. The van der Waals surface area contributed by atoms with Crippen LogP contribution < -0.4 is 9.47 Å². The SMILES string of the molecule is COc1ccc(CN(C)Cc2nc(-c3cccc(C(F)(F)F)c3)no2)cc1OC. The second-order valence-corrected chi connectivity index (χ2v) is 6.45. The van der Waals surface area contributed by atoms with Crippen molar-refractivity contribution in [1.82, 2.24) is 15.0 Å². The van der Waals surface area contributed by atoms with Crippen molar-refractivity contribution in [3.8, 4) is 22.9 Å². The number of nitrogens with zero attached hydrogens (tertiary/aromatic N) is 3. The fourth-order valence-electron chi connectivity index (χ4n) is 2.85. The first-order valence-electron chi connectivity index (χ1n) is 8.70. The fraction of sp³-hybridized carbons (Fsp3) is 0.300. The lowest BCUT2D eigenvalue weighted by molar-refractivity contribution is -0.137. The van der Waals surface area contributed by atoms with E-state index in [1.54, 1.807) is 14.2 Å². The van der Waals surface area contributed by atoms with Crippen LogP contribution >= 0.6 is 0 Å². The Morgan fingerprint density at radius 2 is 1.76 bits per heavy atom. The summed E-state index contributed by atoms with van der Waals surface area (Å²) < 4.78 is 54.4. The van der Waals surface area contributed by atoms with Gasteiger partial charge >= 0.3 is 6.18 Å². The molecule has 1 heterocycles. The predicted octanol–water partition coefficient (Wildman–Crippen LogP) is 4.40. The van der Waals surface area contributed by atoms with Crippen LogP contribution in [-0.4, -0.2) is 36.3 Å². The van der Waals surface area contributed by atoms with E-state index in [0.717, 1.165) is 17.7 Å². The molecule has 0 spiro atoms. The van der Waals surface area contributed by atoms with E-state index in [9.17, 15) is 13.2 Å². The summed E-state index contributed by atoms with van der Waals surface area (Å²) in [7, 11) is 5.01. The summed E-state index contributed by atoms with van der Waals surface area (Å²) in [5.74, 6) is 1.69. The number of halogens is 3. The van der Waals surface area contributed by atoms with E-state index in [2.05, 4.69) is 10.1 Å². The molecule has 0 aliphatic heterocycles. The van der Waals surface area contributed by atoms with Crippen molar-refractivity contribution in [2.75, 3.05) is 21.3 Å². The number of aromatic nitrogens is 2. The van der Waals surface area contributed by atoms with Gasteiger partial charge in [-0.05, 0) is 36.9 Å². The molecule has 0 fully saturated rings. The van der Waals surface area contributed by atoms with Crippen LogP contribution in [0.1, 0.15) is 17.0 Å². The Hall–Kier alpha value is -3.07. The number of methoxy groups -OCH3 is 2. The molecular weight excluding hydrogens is 387 g/mol. The summed E-state index contributed by atoms with van der Waals surface area (Å²) in [4.78, 5) is 6.15. The molecule has 154 valence electrons. The van der Waals surface area contributed by atoms with Crippen LogP contribution in [0.4, 0.5) is 13.2 Å². The maximum atomic E-state index is 12.9. The predicted molar refractivity (Wildman–Crippen MR) is 99.5 cm³/mol. The zero-order chi connectivity index (χ0) is 21.0. The smallest absolute Gasteiger partial charge is 0.416 e. The second kappa shape index (κ2) is 8.52. The Labute approximate surface area is 165 Å². The lowest BCUT2D eigenvalue weighted by Gasteiger charge is -2.15. The molecular formula is C20H20F3N3O3. The van der Waals surface area contributed by atoms with Gasteiger partial charge in [0, 0.05) is 12.1 Å². The minimum Gasteiger partial charge on any atom is -0.493 e. The van der Waals surface area contributed by atoms with Crippen molar-refractivity contribution < 1.29 is 27.2 Å². The van der Waals surface area contributed by atoms with Gasteiger partial charge in [-0.25, -0.2) is 0 Å². The van der Waals surface area contributed by atoms with Gasteiger partial charge in [0.05, 0.1) is 26.3 Å². The van der Waals surface area contributed by atoms with Crippen LogP contribution in [-0.2, 0) is 19.3 Å². The van der Waals surface area contributed by atoms with Gasteiger partial charge in [-0.3, -0.25) is 4.90 Å². The van der Waals surface area contributed by atoms with Crippen molar-refractivity contribution in [3.63, 3.8) is 0 Å². The molecule has 9 heteroatoms. The van der Waals surface area contributed by atoms with E-state index in [-0.39, 0.29) is 11.4 Å². The van der Waals surface area contributed by atoms with Crippen molar-refractivity contribution >= 4 is 0 Å².